The highest BCUT2D eigenvalue weighted by molar-refractivity contribution is 7.91. The van der Waals surface area contributed by atoms with Crippen LogP contribution in [0.1, 0.15) is 19.3 Å². The Balaban J connectivity index is 2.32. The van der Waals surface area contributed by atoms with Gasteiger partial charge < -0.3 is 5.32 Å². The van der Waals surface area contributed by atoms with Crippen molar-refractivity contribution in [3.8, 4) is 6.07 Å². The highest BCUT2D eigenvalue weighted by Gasteiger charge is 2.23. The van der Waals surface area contributed by atoms with Crippen LogP contribution in [0, 0.1) is 11.3 Å². The molecule has 1 rings (SSSR count). The maximum absolute atomic E-state index is 11.2. The summed E-state index contributed by atoms with van der Waals surface area (Å²) in [6.07, 6.45) is 2.09. The van der Waals surface area contributed by atoms with Gasteiger partial charge in [-0.2, -0.15) is 5.26 Å². The van der Waals surface area contributed by atoms with Crippen molar-refractivity contribution in [2.24, 2.45) is 0 Å². The Bertz CT molecular complexity index is 292. The number of nitrogens with zero attached hydrogens (tertiary/aromatic N) is 1. The minimum Gasteiger partial charge on any atom is -0.312 e. The van der Waals surface area contributed by atoms with Gasteiger partial charge in [-0.3, -0.25) is 0 Å². The summed E-state index contributed by atoms with van der Waals surface area (Å²) < 4.78 is 22.4. The van der Waals surface area contributed by atoms with Gasteiger partial charge in [0.25, 0.3) is 0 Å². The van der Waals surface area contributed by atoms with Gasteiger partial charge in [0.2, 0.25) is 0 Å². The van der Waals surface area contributed by atoms with Crippen molar-refractivity contribution < 1.29 is 8.42 Å². The van der Waals surface area contributed by atoms with Crippen molar-refractivity contribution in [1.29, 1.82) is 5.26 Å². The Morgan fingerprint density at radius 1 is 1.54 bits per heavy atom. The van der Waals surface area contributed by atoms with E-state index in [0.717, 1.165) is 12.8 Å². The Labute approximate surface area is 78.9 Å². The van der Waals surface area contributed by atoms with Crippen molar-refractivity contribution in [3.05, 3.63) is 0 Å². The summed E-state index contributed by atoms with van der Waals surface area (Å²) in [7, 11) is -2.81. The number of sulfone groups is 1. The highest BCUT2D eigenvalue weighted by Crippen LogP contribution is 2.11. The van der Waals surface area contributed by atoms with E-state index in [0.29, 0.717) is 18.7 Å². The van der Waals surface area contributed by atoms with E-state index in [9.17, 15) is 8.42 Å². The predicted octanol–water partition coefficient (Wildman–Crippen LogP) is 0.0669. The fraction of sp³-hybridized carbons (Fsp3) is 0.875. The molecule has 1 heterocycles. The number of rotatable bonds is 3. The lowest BCUT2D eigenvalue weighted by atomic mass is 10.2. The Morgan fingerprint density at radius 3 is 2.92 bits per heavy atom. The summed E-state index contributed by atoms with van der Waals surface area (Å²) >= 11 is 0. The second kappa shape index (κ2) is 4.58. The Hall–Kier alpha value is -0.600. The van der Waals surface area contributed by atoms with E-state index in [2.05, 4.69) is 5.32 Å². The third-order valence-corrected chi connectivity index (χ3v) is 3.95. The molecule has 1 fully saturated rings. The van der Waals surface area contributed by atoms with E-state index in [1.165, 1.54) is 0 Å². The molecule has 0 radical (unpaired) electrons. The van der Waals surface area contributed by atoms with E-state index >= 15 is 0 Å². The maximum Gasteiger partial charge on any atom is 0.151 e. The van der Waals surface area contributed by atoms with Crippen LogP contribution in [0.2, 0.25) is 0 Å². The van der Waals surface area contributed by atoms with Gasteiger partial charge in [0, 0.05) is 19.0 Å². The molecule has 1 atom stereocenters. The van der Waals surface area contributed by atoms with Crippen molar-refractivity contribution in [2.75, 3.05) is 18.1 Å². The van der Waals surface area contributed by atoms with Crippen LogP contribution in [0.25, 0.3) is 0 Å². The number of hydrogen-bond donors (Lipinski definition) is 1. The summed E-state index contributed by atoms with van der Waals surface area (Å²) in [6.45, 7) is 0.594. The van der Waals surface area contributed by atoms with Gasteiger partial charge >= 0.3 is 0 Å². The molecule has 0 aromatic heterocycles. The largest absolute Gasteiger partial charge is 0.312 e. The third kappa shape index (κ3) is 3.75. The van der Waals surface area contributed by atoms with Crippen LogP contribution in [0.5, 0.6) is 0 Å². The lowest BCUT2D eigenvalue weighted by molar-refractivity contribution is 0.485. The molecule has 1 N–H and O–H groups in total. The zero-order chi connectivity index (χ0) is 9.73. The van der Waals surface area contributed by atoms with Crippen LogP contribution in [-0.4, -0.2) is 32.5 Å². The normalized spacial score (nSPS) is 26.5. The first-order chi connectivity index (χ1) is 6.14. The molecule has 0 aromatic carbocycles. The van der Waals surface area contributed by atoms with E-state index in [1.807, 2.05) is 6.07 Å². The number of nitriles is 1. The van der Waals surface area contributed by atoms with Crippen molar-refractivity contribution in [2.45, 2.75) is 25.3 Å². The van der Waals surface area contributed by atoms with Gasteiger partial charge in [-0.05, 0) is 12.8 Å². The molecular formula is C8H14N2O2S. The molecule has 0 bridgehead atoms. The zero-order valence-electron chi connectivity index (χ0n) is 7.49. The molecule has 0 spiro atoms. The van der Waals surface area contributed by atoms with Gasteiger partial charge in [-0.25, -0.2) is 8.42 Å². The van der Waals surface area contributed by atoms with Gasteiger partial charge in [0.15, 0.2) is 9.84 Å². The van der Waals surface area contributed by atoms with E-state index < -0.39 is 9.84 Å². The molecule has 0 aromatic rings. The maximum atomic E-state index is 11.2. The molecule has 1 saturated heterocycles. The SMILES string of the molecule is N#CCCNC1CCCS(=O)(=O)C1. The van der Waals surface area contributed by atoms with Crippen molar-refractivity contribution in [1.82, 2.24) is 5.32 Å². The smallest absolute Gasteiger partial charge is 0.151 e. The quantitative estimate of drug-likeness (QED) is 0.657. The lowest BCUT2D eigenvalue weighted by Crippen LogP contribution is -2.40. The monoisotopic (exact) mass is 202 g/mol. The van der Waals surface area contributed by atoms with Gasteiger partial charge in [0.1, 0.15) is 0 Å². The molecule has 4 nitrogen and oxygen atoms in total. The summed E-state index contributed by atoms with van der Waals surface area (Å²) in [5.74, 6) is 0.557. The average Bonchev–Trinajstić information content (AvgIpc) is 2.03. The van der Waals surface area contributed by atoms with Crippen LogP contribution in [-0.2, 0) is 9.84 Å². The molecule has 0 aliphatic carbocycles. The van der Waals surface area contributed by atoms with Crippen LogP contribution in [0.3, 0.4) is 0 Å². The van der Waals surface area contributed by atoms with E-state index in [4.69, 9.17) is 5.26 Å². The molecule has 0 saturated carbocycles. The minimum absolute atomic E-state index is 0.0621. The topological polar surface area (TPSA) is 70.0 Å². The van der Waals surface area contributed by atoms with Crippen molar-refractivity contribution in [3.63, 3.8) is 0 Å². The molecule has 1 unspecified atom stereocenters. The molecule has 0 amide bonds. The molecular weight excluding hydrogens is 188 g/mol. The van der Waals surface area contributed by atoms with Gasteiger partial charge in [-0.1, -0.05) is 0 Å². The van der Waals surface area contributed by atoms with E-state index in [-0.39, 0.29) is 11.8 Å². The Morgan fingerprint density at radius 2 is 2.31 bits per heavy atom. The summed E-state index contributed by atoms with van der Waals surface area (Å²) in [5, 5.41) is 11.4. The molecule has 1 aliphatic rings. The van der Waals surface area contributed by atoms with Crippen LogP contribution in [0.15, 0.2) is 0 Å². The fourth-order valence-corrected chi connectivity index (χ4v) is 3.19. The van der Waals surface area contributed by atoms with Gasteiger partial charge in [0.05, 0.1) is 17.6 Å². The summed E-state index contributed by atoms with van der Waals surface area (Å²) in [6, 6.07) is 2.08. The van der Waals surface area contributed by atoms with Crippen LogP contribution in [0.4, 0.5) is 0 Å². The van der Waals surface area contributed by atoms with Crippen LogP contribution >= 0.6 is 0 Å². The highest BCUT2D eigenvalue weighted by atomic mass is 32.2. The first kappa shape index (κ1) is 10.5. The second-order valence-corrected chi connectivity index (χ2v) is 5.54. The van der Waals surface area contributed by atoms with Crippen molar-refractivity contribution >= 4 is 9.84 Å². The fourth-order valence-electron chi connectivity index (χ4n) is 1.52. The minimum atomic E-state index is -2.81. The number of hydrogen-bond acceptors (Lipinski definition) is 4. The van der Waals surface area contributed by atoms with E-state index in [1.54, 1.807) is 0 Å². The molecule has 13 heavy (non-hydrogen) atoms. The second-order valence-electron chi connectivity index (χ2n) is 3.32. The average molecular weight is 202 g/mol. The first-order valence-electron chi connectivity index (χ1n) is 4.45. The molecule has 74 valence electrons. The summed E-state index contributed by atoms with van der Waals surface area (Å²) in [5.41, 5.74) is 0. The molecule has 5 heteroatoms. The standard InChI is InChI=1S/C8H14N2O2S/c9-4-2-5-10-8-3-1-6-13(11,12)7-8/h8,10H,1-3,5-7H2. The third-order valence-electron chi connectivity index (χ3n) is 2.13. The lowest BCUT2D eigenvalue weighted by Gasteiger charge is -2.22. The molecule has 1 aliphatic heterocycles. The van der Waals surface area contributed by atoms with Gasteiger partial charge in [-0.15, -0.1) is 0 Å². The Kier molecular flexibility index (Phi) is 3.70. The number of nitrogens with one attached hydrogen (secondary N) is 1. The summed E-state index contributed by atoms with van der Waals surface area (Å²) in [4.78, 5) is 0. The van der Waals surface area contributed by atoms with Crippen LogP contribution < -0.4 is 5.32 Å². The zero-order valence-corrected chi connectivity index (χ0v) is 8.31. The predicted molar refractivity (Wildman–Crippen MR) is 49.9 cm³/mol. The first-order valence-corrected chi connectivity index (χ1v) is 6.27.